The minimum absolute atomic E-state index is 0.103. The number of ketones is 1. The first-order valence-electron chi connectivity index (χ1n) is 10.0. The van der Waals surface area contributed by atoms with E-state index in [1.165, 1.54) is 29.5 Å². The second kappa shape index (κ2) is 10.3. The minimum atomic E-state index is -0.809. The Kier molecular flexibility index (Phi) is 7.53. The molecule has 2 heterocycles. The van der Waals surface area contributed by atoms with Crippen molar-refractivity contribution in [2.45, 2.75) is 44.4 Å². The van der Waals surface area contributed by atoms with Crippen molar-refractivity contribution < 1.29 is 19.5 Å². The molecule has 1 aromatic carbocycles. The molecule has 5 N–H and O–H groups in total. The molecule has 1 fully saturated rings. The summed E-state index contributed by atoms with van der Waals surface area (Å²) >= 11 is 1.28. The number of benzene rings is 1. The van der Waals surface area contributed by atoms with E-state index >= 15 is 0 Å². The average molecular weight is 447 g/mol. The van der Waals surface area contributed by atoms with E-state index < -0.39 is 24.1 Å². The summed E-state index contributed by atoms with van der Waals surface area (Å²) in [5.74, 6) is 4.02. The van der Waals surface area contributed by atoms with E-state index in [1.807, 2.05) is 24.3 Å². The lowest BCUT2D eigenvalue weighted by Gasteiger charge is -2.24. The number of likely N-dealkylation sites (tertiary alicyclic amines) is 1. The normalized spacial score (nSPS) is 19.6. The summed E-state index contributed by atoms with van der Waals surface area (Å²) in [6.07, 6.45) is 1.66. The third-order valence-corrected chi connectivity index (χ3v) is 6.15. The number of Topliss-reactive ketones (excluding diaryl/α,β-unsaturated/α-hetero) is 1. The van der Waals surface area contributed by atoms with Crippen LogP contribution in [0.1, 0.15) is 36.0 Å². The molecule has 31 heavy (non-hydrogen) atoms. The third-order valence-electron chi connectivity index (χ3n) is 5.10. The van der Waals surface area contributed by atoms with Crippen LogP contribution in [-0.2, 0) is 9.59 Å². The highest BCUT2D eigenvalue weighted by Gasteiger charge is 2.39. The number of hydrogen-bond acceptors (Lipinski definition) is 8. The molecule has 3 atom stereocenters. The smallest absolute Gasteiger partial charge is 0.243 e. The van der Waals surface area contributed by atoms with Crippen molar-refractivity contribution in [3.63, 3.8) is 0 Å². The molecular formula is C20H26N6O4S. The predicted octanol–water partition coefficient (Wildman–Crippen LogP) is 0.217. The van der Waals surface area contributed by atoms with E-state index in [9.17, 15) is 19.5 Å². The molecule has 1 saturated heterocycles. The first kappa shape index (κ1) is 22.6. The number of aliphatic hydroxyl groups is 1. The molecule has 2 aromatic rings. The Hall–Kier alpha value is -3.05. The number of hydrogen-bond donors (Lipinski definition) is 4. The number of thiazole rings is 1. The molecule has 0 radical (unpaired) electrons. The maximum absolute atomic E-state index is 13.2. The van der Waals surface area contributed by atoms with Gasteiger partial charge in [-0.2, -0.15) is 5.10 Å². The number of rotatable bonds is 9. The second-order valence-corrected chi connectivity index (χ2v) is 8.39. The van der Waals surface area contributed by atoms with Gasteiger partial charge in [0.1, 0.15) is 12.4 Å². The Bertz CT molecular complexity index is 944. The van der Waals surface area contributed by atoms with Crippen molar-refractivity contribution in [1.29, 1.82) is 0 Å². The average Bonchev–Trinajstić information content (AvgIpc) is 3.35. The van der Waals surface area contributed by atoms with Crippen molar-refractivity contribution >= 4 is 45.5 Å². The van der Waals surface area contributed by atoms with Crippen LogP contribution in [0.2, 0.25) is 0 Å². The predicted molar refractivity (Wildman–Crippen MR) is 118 cm³/mol. The van der Waals surface area contributed by atoms with Crippen LogP contribution in [0.25, 0.3) is 10.2 Å². The van der Waals surface area contributed by atoms with Crippen molar-refractivity contribution in [3.8, 4) is 0 Å². The molecule has 0 saturated carbocycles. The number of para-hydroxylation sites is 1. The van der Waals surface area contributed by atoms with Gasteiger partial charge in [-0.05, 0) is 25.0 Å². The monoisotopic (exact) mass is 446 g/mol. The number of β-amino-alcohol motifs (C(OH)–C–C–N with tert-alkyl or cyclic N) is 1. The highest BCUT2D eigenvalue weighted by molar-refractivity contribution is 7.20. The summed E-state index contributed by atoms with van der Waals surface area (Å²) in [6.45, 7) is 1.97. The number of aromatic nitrogens is 1. The molecule has 166 valence electrons. The fraction of sp³-hybridized carbons (Fsp3) is 0.450. The number of nitrogens with one attached hydrogen (secondary N) is 2. The first-order chi connectivity index (χ1) is 14.9. The van der Waals surface area contributed by atoms with Crippen LogP contribution in [0, 0.1) is 0 Å². The van der Waals surface area contributed by atoms with Crippen LogP contribution >= 0.6 is 11.3 Å². The van der Waals surface area contributed by atoms with Crippen molar-refractivity contribution in [3.05, 3.63) is 29.3 Å². The molecule has 2 amide bonds. The second-order valence-electron chi connectivity index (χ2n) is 7.36. The summed E-state index contributed by atoms with van der Waals surface area (Å²) in [5, 5.41) is 19.3. The van der Waals surface area contributed by atoms with E-state index in [0.29, 0.717) is 24.4 Å². The van der Waals surface area contributed by atoms with Gasteiger partial charge in [0.2, 0.25) is 17.6 Å². The Morgan fingerprint density at radius 2 is 2.19 bits per heavy atom. The number of fused-ring (bicyclic) bond motifs is 1. The standard InChI is InChI=1S/C20H26N6O4S/c1-12(27)26-10-13(28)9-16(26)19(30)24-15(6-4-8-22-11-23-21)18(29)20-25-14-5-2-3-7-17(14)31-20/h2-3,5,7,11,13,15-16,28H,4,6,8-10,21H2,1H3,(H,22,23)(H,24,30)/t13-,15-,16+/m1/s1. The Balaban J connectivity index is 1.75. The molecular weight excluding hydrogens is 420 g/mol. The number of carbonyl (C=O) groups excluding carboxylic acids is 3. The Labute approximate surface area is 183 Å². The van der Waals surface area contributed by atoms with E-state index in [4.69, 9.17) is 5.84 Å². The van der Waals surface area contributed by atoms with Gasteiger partial charge in [0, 0.05) is 26.4 Å². The maximum atomic E-state index is 13.2. The number of hydrazone groups is 1. The van der Waals surface area contributed by atoms with E-state index in [1.54, 1.807) is 0 Å². The number of aliphatic hydroxyl groups excluding tert-OH is 1. The molecule has 0 aliphatic carbocycles. The van der Waals surface area contributed by atoms with Crippen LogP contribution < -0.4 is 16.5 Å². The van der Waals surface area contributed by atoms with E-state index in [-0.39, 0.29) is 24.7 Å². The third kappa shape index (κ3) is 5.56. The van der Waals surface area contributed by atoms with Gasteiger partial charge in [-0.15, -0.1) is 11.3 Å². The Morgan fingerprint density at radius 3 is 2.90 bits per heavy atom. The first-order valence-corrected chi connectivity index (χ1v) is 10.8. The van der Waals surface area contributed by atoms with Gasteiger partial charge < -0.3 is 26.5 Å². The van der Waals surface area contributed by atoms with Gasteiger partial charge in [0.25, 0.3) is 0 Å². The van der Waals surface area contributed by atoms with Gasteiger partial charge in [0.15, 0.2) is 5.01 Å². The van der Waals surface area contributed by atoms with Crippen LogP contribution in [0.3, 0.4) is 0 Å². The highest BCUT2D eigenvalue weighted by atomic mass is 32.1. The molecule has 1 aliphatic heterocycles. The zero-order valence-corrected chi connectivity index (χ0v) is 18.0. The Morgan fingerprint density at radius 1 is 1.42 bits per heavy atom. The van der Waals surface area contributed by atoms with Crippen LogP contribution in [0.5, 0.6) is 0 Å². The number of carbonyl (C=O) groups is 3. The van der Waals surface area contributed by atoms with Crippen molar-refractivity contribution in [1.82, 2.24) is 20.5 Å². The summed E-state index contributed by atoms with van der Waals surface area (Å²) in [5.41, 5.74) is 0.725. The minimum Gasteiger partial charge on any atom is -0.391 e. The largest absolute Gasteiger partial charge is 0.391 e. The lowest BCUT2D eigenvalue weighted by molar-refractivity contribution is -0.137. The maximum Gasteiger partial charge on any atom is 0.243 e. The van der Waals surface area contributed by atoms with Crippen LogP contribution in [0.15, 0.2) is 29.4 Å². The lowest BCUT2D eigenvalue weighted by Crippen LogP contribution is -2.50. The SMILES string of the molecule is CC(=O)N1C[C@H](O)C[C@H]1C(=O)N[C@H](CCCNC=NN)C(=O)c1nc2ccccc2s1. The lowest BCUT2D eigenvalue weighted by atomic mass is 10.1. The van der Waals surface area contributed by atoms with Gasteiger partial charge >= 0.3 is 0 Å². The molecule has 1 aliphatic rings. The molecule has 0 spiro atoms. The van der Waals surface area contributed by atoms with Crippen LogP contribution in [-0.4, -0.2) is 70.2 Å². The molecule has 0 bridgehead atoms. The summed E-state index contributed by atoms with van der Waals surface area (Å²) in [4.78, 5) is 43.7. The van der Waals surface area contributed by atoms with E-state index in [0.717, 1.165) is 10.2 Å². The van der Waals surface area contributed by atoms with E-state index in [2.05, 4.69) is 20.7 Å². The zero-order chi connectivity index (χ0) is 22.4. The topological polar surface area (TPSA) is 150 Å². The molecule has 1 aromatic heterocycles. The number of amides is 2. The molecule has 3 rings (SSSR count). The zero-order valence-electron chi connectivity index (χ0n) is 17.2. The number of nitrogens with zero attached hydrogens (tertiary/aromatic N) is 3. The molecule has 11 heteroatoms. The van der Waals surface area contributed by atoms with Crippen LogP contribution in [0.4, 0.5) is 0 Å². The van der Waals surface area contributed by atoms with Crippen molar-refractivity contribution in [2.24, 2.45) is 10.9 Å². The fourth-order valence-electron chi connectivity index (χ4n) is 3.60. The molecule has 0 unspecified atom stereocenters. The summed E-state index contributed by atoms with van der Waals surface area (Å²) in [7, 11) is 0. The van der Waals surface area contributed by atoms with Gasteiger partial charge in [-0.25, -0.2) is 4.98 Å². The summed E-state index contributed by atoms with van der Waals surface area (Å²) in [6, 6.07) is 5.83. The summed E-state index contributed by atoms with van der Waals surface area (Å²) < 4.78 is 0.887. The van der Waals surface area contributed by atoms with Gasteiger partial charge in [-0.1, -0.05) is 12.1 Å². The quantitative estimate of drug-likeness (QED) is 0.107. The highest BCUT2D eigenvalue weighted by Crippen LogP contribution is 2.24. The fourth-order valence-corrected chi connectivity index (χ4v) is 4.56. The van der Waals surface area contributed by atoms with Gasteiger partial charge in [0.05, 0.1) is 22.4 Å². The van der Waals surface area contributed by atoms with Crippen molar-refractivity contribution in [2.75, 3.05) is 13.1 Å². The number of nitrogens with two attached hydrogens (primary N) is 1. The molecule has 10 nitrogen and oxygen atoms in total. The van der Waals surface area contributed by atoms with Gasteiger partial charge in [-0.3, -0.25) is 14.4 Å².